The van der Waals surface area contributed by atoms with Crippen LogP contribution in [0.4, 0.5) is 11.4 Å². The SMILES string of the molecule is CC(=O)Nc1ccc(-c2ccc(-c3ccc4c(c3)NCCC4)nc2)cc1C#N. The van der Waals surface area contributed by atoms with Gasteiger partial charge in [-0.1, -0.05) is 24.3 Å². The molecule has 0 bridgehead atoms. The van der Waals surface area contributed by atoms with Crippen molar-refractivity contribution in [3.05, 3.63) is 65.9 Å². The van der Waals surface area contributed by atoms with Crippen LogP contribution in [0.2, 0.25) is 0 Å². The van der Waals surface area contributed by atoms with Gasteiger partial charge in [-0.15, -0.1) is 0 Å². The smallest absolute Gasteiger partial charge is 0.221 e. The van der Waals surface area contributed by atoms with E-state index < -0.39 is 0 Å². The minimum absolute atomic E-state index is 0.199. The number of aromatic nitrogens is 1. The van der Waals surface area contributed by atoms with Gasteiger partial charge < -0.3 is 10.6 Å². The van der Waals surface area contributed by atoms with Gasteiger partial charge in [-0.3, -0.25) is 9.78 Å². The number of nitriles is 1. The van der Waals surface area contributed by atoms with E-state index in [1.54, 1.807) is 12.1 Å². The zero-order chi connectivity index (χ0) is 19.5. The van der Waals surface area contributed by atoms with Crippen LogP contribution in [0.5, 0.6) is 0 Å². The first-order chi connectivity index (χ1) is 13.6. The van der Waals surface area contributed by atoms with E-state index in [1.165, 1.54) is 24.6 Å². The van der Waals surface area contributed by atoms with Crippen molar-refractivity contribution in [1.82, 2.24) is 4.98 Å². The molecule has 2 aromatic carbocycles. The summed E-state index contributed by atoms with van der Waals surface area (Å²) in [6.07, 6.45) is 4.10. The normalized spacial score (nSPS) is 12.4. The van der Waals surface area contributed by atoms with Gasteiger partial charge in [0.15, 0.2) is 0 Å². The first-order valence-electron chi connectivity index (χ1n) is 9.29. The number of hydrogen-bond acceptors (Lipinski definition) is 4. The summed E-state index contributed by atoms with van der Waals surface area (Å²) in [5.74, 6) is -0.199. The molecular weight excluding hydrogens is 348 g/mol. The number of nitrogens with zero attached hydrogens (tertiary/aromatic N) is 2. The van der Waals surface area contributed by atoms with Gasteiger partial charge in [0, 0.05) is 36.5 Å². The Balaban J connectivity index is 1.62. The summed E-state index contributed by atoms with van der Waals surface area (Å²) in [5, 5.41) is 15.5. The van der Waals surface area contributed by atoms with Gasteiger partial charge in [-0.25, -0.2) is 0 Å². The van der Waals surface area contributed by atoms with Crippen molar-refractivity contribution in [1.29, 1.82) is 5.26 Å². The molecule has 0 atom stereocenters. The number of nitrogens with one attached hydrogen (secondary N) is 2. The molecule has 0 saturated heterocycles. The maximum Gasteiger partial charge on any atom is 0.221 e. The van der Waals surface area contributed by atoms with E-state index in [4.69, 9.17) is 0 Å². The molecule has 2 N–H and O–H groups in total. The van der Waals surface area contributed by atoms with E-state index in [9.17, 15) is 10.1 Å². The average molecular weight is 368 g/mol. The summed E-state index contributed by atoms with van der Waals surface area (Å²) >= 11 is 0. The number of anilines is 2. The van der Waals surface area contributed by atoms with Crippen molar-refractivity contribution in [2.75, 3.05) is 17.2 Å². The van der Waals surface area contributed by atoms with Crippen molar-refractivity contribution in [2.24, 2.45) is 0 Å². The molecule has 5 heteroatoms. The van der Waals surface area contributed by atoms with E-state index in [2.05, 4.69) is 39.9 Å². The number of hydrogen-bond donors (Lipinski definition) is 2. The number of fused-ring (bicyclic) bond motifs is 1. The molecule has 1 aliphatic heterocycles. The highest BCUT2D eigenvalue weighted by Gasteiger charge is 2.11. The molecular formula is C23H20N4O. The van der Waals surface area contributed by atoms with E-state index in [1.807, 2.05) is 24.4 Å². The quantitative estimate of drug-likeness (QED) is 0.708. The van der Waals surface area contributed by atoms with Crippen LogP contribution in [0.25, 0.3) is 22.4 Å². The topological polar surface area (TPSA) is 77.8 Å². The van der Waals surface area contributed by atoms with Crippen LogP contribution in [-0.2, 0) is 11.2 Å². The monoisotopic (exact) mass is 368 g/mol. The predicted octanol–water partition coefficient (Wildman–Crippen LogP) is 4.60. The van der Waals surface area contributed by atoms with Crippen LogP contribution in [0.3, 0.4) is 0 Å². The second kappa shape index (κ2) is 7.53. The molecule has 2 heterocycles. The van der Waals surface area contributed by atoms with E-state index >= 15 is 0 Å². The van der Waals surface area contributed by atoms with Gasteiger partial charge in [-0.05, 0) is 48.2 Å². The minimum Gasteiger partial charge on any atom is -0.385 e. The largest absolute Gasteiger partial charge is 0.385 e. The number of pyridine rings is 1. The molecule has 1 amide bonds. The number of carbonyl (C=O) groups is 1. The van der Waals surface area contributed by atoms with Crippen molar-refractivity contribution < 1.29 is 4.79 Å². The molecule has 0 aliphatic carbocycles. The highest BCUT2D eigenvalue weighted by Crippen LogP contribution is 2.30. The highest BCUT2D eigenvalue weighted by atomic mass is 16.1. The number of rotatable bonds is 3. The third kappa shape index (κ3) is 3.58. The molecule has 1 aliphatic rings. The molecule has 0 spiro atoms. The summed E-state index contributed by atoms with van der Waals surface area (Å²) in [5.41, 5.74) is 7.30. The number of benzene rings is 2. The number of amides is 1. The summed E-state index contributed by atoms with van der Waals surface area (Å²) in [4.78, 5) is 15.9. The van der Waals surface area contributed by atoms with Gasteiger partial charge in [-0.2, -0.15) is 5.26 Å². The number of carbonyl (C=O) groups excluding carboxylic acids is 1. The first kappa shape index (κ1) is 17.7. The summed E-state index contributed by atoms with van der Waals surface area (Å²) in [7, 11) is 0. The van der Waals surface area contributed by atoms with Crippen molar-refractivity contribution >= 4 is 17.3 Å². The fraction of sp³-hybridized carbons (Fsp3) is 0.174. The first-order valence-corrected chi connectivity index (χ1v) is 9.29. The Morgan fingerprint density at radius 3 is 2.68 bits per heavy atom. The third-order valence-electron chi connectivity index (χ3n) is 4.89. The summed E-state index contributed by atoms with van der Waals surface area (Å²) in [6, 6.07) is 18.0. The fourth-order valence-electron chi connectivity index (χ4n) is 3.47. The molecule has 3 aromatic rings. The van der Waals surface area contributed by atoms with E-state index in [0.29, 0.717) is 11.3 Å². The molecule has 4 rings (SSSR count). The average Bonchev–Trinajstić information content (AvgIpc) is 2.73. The summed E-state index contributed by atoms with van der Waals surface area (Å²) in [6.45, 7) is 2.44. The lowest BCUT2D eigenvalue weighted by molar-refractivity contribution is -0.114. The third-order valence-corrected chi connectivity index (χ3v) is 4.89. The lowest BCUT2D eigenvalue weighted by atomic mass is 9.99. The molecule has 138 valence electrons. The van der Waals surface area contributed by atoms with Gasteiger partial charge in [0.1, 0.15) is 6.07 Å². The van der Waals surface area contributed by atoms with Crippen LogP contribution < -0.4 is 10.6 Å². The lowest BCUT2D eigenvalue weighted by Crippen LogP contribution is -2.11. The van der Waals surface area contributed by atoms with Gasteiger partial charge in [0.2, 0.25) is 5.91 Å². The van der Waals surface area contributed by atoms with Crippen LogP contribution in [0.15, 0.2) is 54.7 Å². The van der Waals surface area contributed by atoms with Gasteiger partial charge >= 0.3 is 0 Å². The lowest BCUT2D eigenvalue weighted by Gasteiger charge is -2.18. The van der Waals surface area contributed by atoms with E-state index in [-0.39, 0.29) is 5.91 Å². The van der Waals surface area contributed by atoms with Crippen molar-refractivity contribution in [2.45, 2.75) is 19.8 Å². The zero-order valence-electron chi connectivity index (χ0n) is 15.6. The molecule has 1 aromatic heterocycles. The summed E-state index contributed by atoms with van der Waals surface area (Å²) < 4.78 is 0. The molecule has 0 radical (unpaired) electrons. The molecule has 5 nitrogen and oxygen atoms in total. The molecule has 0 saturated carbocycles. The predicted molar refractivity (Wildman–Crippen MR) is 111 cm³/mol. The fourth-order valence-corrected chi connectivity index (χ4v) is 3.47. The molecule has 0 unspecified atom stereocenters. The Bertz CT molecular complexity index is 1080. The van der Waals surface area contributed by atoms with Gasteiger partial charge in [0.05, 0.1) is 16.9 Å². The van der Waals surface area contributed by atoms with Crippen LogP contribution >= 0.6 is 0 Å². The zero-order valence-corrected chi connectivity index (χ0v) is 15.6. The van der Waals surface area contributed by atoms with Crippen LogP contribution in [0.1, 0.15) is 24.5 Å². The Hall–Kier alpha value is -3.65. The standard InChI is InChI=1S/C23H20N4O/c1-15(28)27-22-9-6-17(11-20(22)13-24)19-7-8-21(26-14-19)18-5-4-16-3-2-10-25-23(16)12-18/h4-9,11-12,14,25H,2-3,10H2,1H3,(H,27,28). The second-order valence-electron chi connectivity index (χ2n) is 6.89. The molecule has 0 fully saturated rings. The Morgan fingerprint density at radius 2 is 1.93 bits per heavy atom. The van der Waals surface area contributed by atoms with Crippen molar-refractivity contribution in [3.63, 3.8) is 0 Å². The van der Waals surface area contributed by atoms with Gasteiger partial charge in [0.25, 0.3) is 0 Å². The van der Waals surface area contributed by atoms with Crippen LogP contribution in [-0.4, -0.2) is 17.4 Å². The number of aryl methyl sites for hydroxylation is 1. The van der Waals surface area contributed by atoms with E-state index in [0.717, 1.165) is 35.3 Å². The maximum atomic E-state index is 11.3. The maximum absolute atomic E-state index is 11.3. The molecule has 28 heavy (non-hydrogen) atoms. The Morgan fingerprint density at radius 1 is 1.11 bits per heavy atom. The highest BCUT2D eigenvalue weighted by molar-refractivity contribution is 5.90. The van der Waals surface area contributed by atoms with Crippen molar-refractivity contribution in [3.8, 4) is 28.5 Å². The Kier molecular flexibility index (Phi) is 4.77. The Labute approximate surface area is 164 Å². The van der Waals surface area contributed by atoms with Crippen LogP contribution in [0, 0.1) is 11.3 Å². The second-order valence-corrected chi connectivity index (χ2v) is 6.89. The minimum atomic E-state index is -0.199.